The lowest BCUT2D eigenvalue weighted by Gasteiger charge is -2.36. The van der Waals surface area contributed by atoms with E-state index in [1.807, 2.05) is 6.07 Å². The van der Waals surface area contributed by atoms with Gasteiger partial charge in [-0.25, -0.2) is 0 Å². The van der Waals surface area contributed by atoms with Crippen LogP contribution in [0.4, 0.5) is 0 Å². The van der Waals surface area contributed by atoms with E-state index in [1.165, 1.54) is 43.2 Å². The van der Waals surface area contributed by atoms with Gasteiger partial charge in [-0.1, -0.05) is 19.3 Å². The number of nitrogens with one attached hydrogen (secondary N) is 1. The number of methoxy groups -OCH3 is 2. The molecule has 0 spiro atoms. The molecule has 3 heteroatoms. The maximum atomic E-state index is 5.67. The van der Waals surface area contributed by atoms with E-state index in [0.29, 0.717) is 5.92 Å². The average Bonchev–Trinajstić information content (AvgIpc) is 2.53. The van der Waals surface area contributed by atoms with Crippen molar-refractivity contribution in [3.05, 3.63) is 23.3 Å². The Morgan fingerprint density at radius 2 is 1.85 bits per heavy atom. The molecular formula is C17H25NO2. The lowest BCUT2D eigenvalue weighted by atomic mass is 9.74. The molecule has 1 aliphatic heterocycles. The first-order valence-corrected chi connectivity index (χ1v) is 7.79. The van der Waals surface area contributed by atoms with Crippen molar-refractivity contribution in [2.75, 3.05) is 20.8 Å². The molecule has 1 heterocycles. The van der Waals surface area contributed by atoms with Crippen molar-refractivity contribution in [3.63, 3.8) is 0 Å². The minimum atomic E-state index is 0.597. The number of fused-ring (bicyclic) bond motifs is 1. The van der Waals surface area contributed by atoms with E-state index in [4.69, 9.17) is 9.47 Å². The average molecular weight is 275 g/mol. The first-order valence-electron chi connectivity index (χ1n) is 7.79. The van der Waals surface area contributed by atoms with Gasteiger partial charge in [0.2, 0.25) is 0 Å². The van der Waals surface area contributed by atoms with Crippen molar-refractivity contribution < 1.29 is 9.47 Å². The summed E-state index contributed by atoms with van der Waals surface area (Å²) in [5, 5.41) is 3.58. The number of benzene rings is 1. The largest absolute Gasteiger partial charge is 0.497 e. The van der Waals surface area contributed by atoms with Crippen LogP contribution in [0.5, 0.6) is 11.5 Å². The molecule has 0 bridgehead atoms. The fourth-order valence-electron chi connectivity index (χ4n) is 3.91. The summed E-state index contributed by atoms with van der Waals surface area (Å²) >= 11 is 0. The molecule has 1 aliphatic carbocycles. The highest BCUT2D eigenvalue weighted by atomic mass is 16.5. The second kappa shape index (κ2) is 6.04. The topological polar surface area (TPSA) is 30.5 Å². The summed E-state index contributed by atoms with van der Waals surface area (Å²) in [5.74, 6) is 3.31. The lowest BCUT2D eigenvalue weighted by Crippen LogP contribution is -2.33. The maximum Gasteiger partial charge on any atom is 0.126 e. The molecule has 1 aromatic carbocycles. The van der Waals surface area contributed by atoms with Crippen molar-refractivity contribution in [2.45, 2.75) is 44.6 Å². The Hall–Kier alpha value is -1.22. The molecule has 3 rings (SSSR count). The van der Waals surface area contributed by atoms with Crippen LogP contribution in [0.1, 0.15) is 49.1 Å². The van der Waals surface area contributed by atoms with Crippen LogP contribution < -0.4 is 14.8 Å². The predicted molar refractivity (Wildman–Crippen MR) is 80.6 cm³/mol. The third kappa shape index (κ3) is 2.51. The molecule has 1 unspecified atom stereocenters. The highest BCUT2D eigenvalue weighted by molar-refractivity contribution is 5.50. The van der Waals surface area contributed by atoms with Crippen LogP contribution in [0.15, 0.2) is 12.1 Å². The van der Waals surface area contributed by atoms with Gasteiger partial charge in [-0.15, -0.1) is 0 Å². The number of rotatable bonds is 3. The summed E-state index contributed by atoms with van der Waals surface area (Å²) in [6, 6.07) is 4.21. The predicted octanol–water partition coefficient (Wildman–Crippen LogP) is 3.47. The molecule has 1 saturated carbocycles. The Morgan fingerprint density at radius 3 is 2.55 bits per heavy atom. The summed E-state index contributed by atoms with van der Waals surface area (Å²) in [7, 11) is 3.49. The van der Waals surface area contributed by atoms with Crippen molar-refractivity contribution in [2.24, 2.45) is 5.92 Å². The van der Waals surface area contributed by atoms with E-state index in [0.717, 1.165) is 30.5 Å². The second-order valence-electron chi connectivity index (χ2n) is 6.04. The smallest absolute Gasteiger partial charge is 0.126 e. The van der Waals surface area contributed by atoms with Crippen molar-refractivity contribution in [1.82, 2.24) is 5.32 Å². The van der Waals surface area contributed by atoms with Crippen molar-refractivity contribution in [1.29, 1.82) is 0 Å². The fourth-order valence-corrected chi connectivity index (χ4v) is 3.91. The standard InChI is InChI=1S/C17H25NO2/c1-19-14-8-13-10-18-11-15(12-6-4-3-5-7-12)17(13)16(9-14)20-2/h8-9,12,15,18H,3-7,10-11H2,1-2H3. The molecule has 1 fully saturated rings. The quantitative estimate of drug-likeness (QED) is 0.916. The first kappa shape index (κ1) is 13.7. The lowest BCUT2D eigenvalue weighted by molar-refractivity contribution is 0.280. The van der Waals surface area contributed by atoms with Crippen LogP contribution in [0.2, 0.25) is 0 Å². The van der Waals surface area contributed by atoms with Gasteiger partial charge in [0.05, 0.1) is 14.2 Å². The number of ether oxygens (including phenoxy) is 2. The van der Waals surface area contributed by atoms with E-state index in [1.54, 1.807) is 14.2 Å². The zero-order valence-corrected chi connectivity index (χ0v) is 12.6. The number of hydrogen-bond donors (Lipinski definition) is 1. The third-order valence-electron chi connectivity index (χ3n) is 4.93. The first-order chi connectivity index (χ1) is 9.83. The Kier molecular flexibility index (Phi) is 4.16. The summed E-state index contributed by atoms with van der Waals surface area (Å²) in [6.07, 6.45) is 6.90. The SMILES string of the molecule is COc1cc2c(c(OC)c1)C(C1CCCCC1)CNC2. The molecule has 0 amide bonds. The fraction of sp³-hybridized carbons (Fsp3) is 0.647. The summed E-state index contributed by atoms with van der Waals surface area (Å²) in [6.45, 7) is 2.01. The monoisotopic (exact) mass is 275 g/mol. The maximum absolute atomic E-state index is 5.67. The van der Waals surface area contributed by atoms with Gasteiger partial charge in [-0.3, -0.25) is 0 Å². The molecule has 3 nitrogen and oxygen atoms in total. The van der Waals surface area contributed by atoms with Gasteiger partial charge < -0.3 is 14.8 Å². The van der Waals surface area contributed by atoms with Crippen LogP contribution in [0.3, 0.4) is 0 Å². The summed E-state index contributed by atoms with van der Waals surface area (Å²) < 4.78 is 11.1. The van der Waals surface area contributed by atoms with Crippen LogP contribution in [-0.4, -0.2) is 20.8 Å². The van der Waals surface area contributed by atoms with Crippen LogP contribution in [-0.2, 0) is 6.54 Å². The summed E-state index contributed by atoms with van der Waals surface area (Å²) in [5.41, 5.74) is 2.78. The molecular weight excluding hydrogens is 250 g/mol. The van der Waals surface area contributed by atoms with Crippen LogP contribution >= 0.6 is 0 Å². The molecule has 0 radical (unpaired) electrons. The molecule has 1 atom stereocenters. The normalized spacial score (nSPS) is 23.2. The molecule has 110 valence electrons. The Bertz CT molecular complexity index is 449. The van der Waals surface area contributed by atoms with E-state index in [2.05, 4.69) is 11.4 Å². The zero-order valence-electron chi connectivity index (χ0n) is 12.6. The Balaban J connectivity index is 1.97. The Morgan fingerprint density at radius 1 is 1.05 bits per heavy atom. The van der Waals surface area contributed by atoms with Gasteiger partial charge in [0, 0.05) is 30.6 Å². The van der Waals surface area contributed by atoms with Gasteiger partial charge in [0.1, 0.15) is 11.5 Å². The van der Waals surface area contributed by atoms with Gasteiger partial charge >= 0.3 is 0 Å². The third-order valence-corrected chi connectivity index (χ3v) is 4.93. The van der Waals surface area contributed by atoms with E-state index in [-0.39, 0.29) is 0 Å². The Labute approximate surface area is 121 Å². The van der Waals surface area contributed by atoms with Gasteiger partial charge in [-0.2, -0.15) is 0 Å². The highest BCUT2D eigenvalue weighted by Gasteiger charge is 2.31. The second-order valence-corrected chi connectivity index (χ2v) is 6.04. The van der Waals surface area contributed by atoms with Crippen LogP contribution in [0.25, 0.3) is 0 Å². The van der Waals surface area contributed by atoms with Gasteiger partial charge in [-0.05, 0) is 30.4 Å². The highest BCUT2D eigenvalue weighted by Crippen LogP contribution is 2.43. The van der Waals surface area contributed by atoms with Crippen molar-refractivity contribution in [3.8, 4) is 11.5 Å². The van der Waals surface area contributed by atoms with Crippen molar-refractivity contribution >= 4 is 0 Å². The van der Waals surface area contributed by atoms with E-state index < -0.39 is 0 Å². The molecule has 0 saturated heterocycles. The zero-order chi connectivity index (χ0) is 13.9. The summed E-state index contributed by atoms with van der Waals surface area (Å²) in [4.78, 5) is 0. The van der Waals surface area contributed by atoms with E-state index >= 15 is 0 Å². The van der Waals surface area contributed by atoms with Gasteiger partial charge in [0.15, 0.2) is 0 Å². The number of hydrogen-bond acceptors (Lipinski definition) is 3. The molecule has 1 aromatic rings. The van der Waals surface area contributed by atoms with Gasteiger partial charge in [0.25, 0.3) is 0 Å². The molecule has 0 aromatic heterocycles. The van der Waals surface area contributed by atoms with Crippen LogP contribution in [0, 0.1) is 5.92 Å². The molecule has 1 N–H and O–H groups in total. The minimum Gasteiger partial charge on any atom is -0.497 e. The molecule has 2 aliphatic rings. The molecule has 20 heavy (non-hydrogen) atoms. The van der Waals surface area contributed by atoms with E-state index in [9.17, 15) is 0 Å². The minimum absolute atomic E-state index is 0.597.